The molecule has 0 unspecified atom stereocenters. The Morgan fingerprint density at radius 2 is 2.05 bits per heavy atom. The van der Waals surface area contributed by atoms with Gasteiger partial charge >= 0.3 is 0 Å². The van der Waals surface area contributed by atoms with E-state index in [1.165, 1.54) is 25.7 Å². The van der Waals surface area contributed by atoms with Crippen molar-refractivity contribution in [2.45, 2.75) is 38.5 Å². The standard InChI is InChI=1S/C17H20BrNO/c18-14-6-8-15(19-11-14)7-5-13-10-16(20)9-12-3-1-2-4-17(12)13/h5-8,11-13,17H,1-4,9-10H2/t12-,13+,17+/m0/s1. The Bertz CT molecular complexity index is 508. The summed E-state index contributed by atoms with van der Waals surface area (Å²) in [6.45, 7) is 0. The number of nitrogens with zero attached hydrogens (tertiary/aromatic N) is 1. The fourth-order valence-electron chi connectivity index (χ4n) is 3.76. The molecule has 0 spiro atoms. The Morgan fingerprint density at radius 1 is 1.20 bits per heavy atom. The van der Waals surface area contributed by atoms with Crippen LogP contribution in [0.15, 0.2) is 28.9 Å². The zero-order valence-electron chi connectivity index (χ0n) is 11.6. The summed E-state index contributed by atoms with van der Waals surface area (Å²) < 4.78 is 0.995. The van der Waals surface area contributed by atoms with Gasteiger partial charge in [-0.2, -0.15) is 0 Å². The summed E-state index contributed by atoms with van der Waals surface area (Å²) in [4.78, 5) is 16.3. The van der Waals surface area contributed by atoms with Crippen molar-refractivity contribution in [3.8, 4) is 0 Å². The lowest BCUT2D eigenvalue weighted by Gasteiger charge is -2.39. The van der Waals surface area contributed by atoms with Crippen LogP contribution in [0.5, 0.6) is 0 Å². The molecule has 3 atom stereocenters. The lowest BCUT2D eigenvalue weighted by Crippen LogP contribution is -2.34. The van der Waals surface area contributed by atoms with Crippen molar-refractivity contribution in [2.24, 2.45) is 17.8 Å². The van der Waals surface area contributed by atoms with Crippen LogP contribution in [0.1, 0.15) is 44.2 Å². The summed E-state index contributed by atoms with van der Waals surface area (Å²) in [6.07, 6.45) is 12.9. The number of fused-ring (bicyclic) bond motifs is 1. The number of carbonyl (C=O) groups excluding carboxylic acids is 1. The molecule has 3 heteroatoms. The monoisotopic (exact) mass is 333 g/mol. The number of ketones is 1. The van der Waals surface area contributed by atoms with Crippen LogP contribution < -0.4 is 0 Å². The number of Topliss-reactive ketones (excluding diaryl/α,β-unsaturated/α-hetero) is 1. The maximum atomic E-state index is 11.9. The Kier molecular flexibility index (Phi) is 4.35. The molecule has 0 aliphatic heterocycles. The molecule has 0 N–H and O–H groups in total. The van der Waals surface area contributed by atoms with Crippen LogP contribution in [0.25, 0.3) is 6.08 Å². The molecule has 1 heterocycles. The van der Waals surface area contributed by atoms with Gasteiger partial charge < -0.3 is 0 Å². The van der Waals surface area contributed by atoms with E-state index in [0.29, 0.717) is 23.5 Å². The largest absolute Gasteiger partial charge is 0.300 e. The Morgan fingerprint density at radius 3 is 2.85 bits per heavy atom. The van der Waals surface area contributed by atoms with Crippen LogP contribution in [0.2, 0.25) is 0 Å². The van der Waals surface area contributed by atoms with E-state index in [1.54, 1.807) is 0 Å². The van der Waals surface area contributed by atoms with Crippen molar-refractivity contribution in [3.63, 3.8) is 0 Å². The number of allylic oxidation sites excluding steroid dienone is 1. The third-order valence-electron chi connectivity index (χ3n) is 4.74. The molecule has 2 aliphatic rings. The first-order valence-corrected chi connectivity index (χ1v) is 8.33. The van der Waals surface area contributed by atoms with E-state index in [2.05, 4.69) is 33.1 Å². The highest BCUT2D eigenvalue weighted by molar-refractivity contribution is 9.10. The highest BCUT2D eigenvalue weighted by Gasteiger charge is 2.36. The Labute approximate surface area is 128 Å². The summed E-state index contributed by atoms with van der Waals surface area (Å²) in [5.41, 5.74) is 0.971. The van der Waals surface area contributed by atoms with Crippen molar-refractivity contribution in [1.82, 2.24) is 4.98 Å². The summed E-state index contributed by atoms with van der Waals surface area (Å²) in [6, 6.07) is 4.01. The molecule has 3 rings (SSSR count). The number of carbonyl (C=O) groups is 1. The lowest BCUT2D eigenvalue weighted by molar-refractivity contribution is -0.124. The van der Waals surface area contributed by atoms with E-state index in [-0.39, 0.29) is 0 Å². The quantitative estimate of drug-likeness (QED) is 0.788. The average Bonchev–Trinajstić information content (AvgIpc) is 2.46. The van der Waals surface area contributed by atoms with Crippen LogP contribution in [-0.2, 0) is 4.79 Å². The maximum Gasteiger partial charge on any atom is 0.133 e. The molecule has 1 aromatic heterocycles. The molecule has 0 amide bonds. The first-order valence-electron chi connectivity index (χ1n) is 7.54. The van der Waals surface area contributed by atoms with Gasteiger partial charge in [0.15, 0.2) is 0 Å². The number of rotatable bonds is 2. The van der Waals surface area contributed by atoms with E-state index in [4.69, 9.17) is 0 Å². The number of hydrogen-bond donors (Lipinski definition) is 0. The number of hydrogen-bond acceptors (Lipinski definition) is 2. The zero-order chi connectivity index (χ0) is 13.9. The van der Waals surface area contributed by atoms with Crippen LogP contribution in [0.3, 0.4) is 0 Å². The summed E-state index contributed by atoms with van der Waals surface area (Å²) in [7, 11) is 0. The van der Waals surface area contributed by atoms with E-state index < -0.39 is 0 Å². The van der Waals surface area contributed by atoms with Gasteiger partial charge in [-0.1, -0.05) is 18.9 Å². The second-order valence-corrected chi connectivity index (χ2v) is 7.00. The predicted molar refractivity (Wildman–Crippen MR) is 84.2 cm³/mol. The van der Waals surface area contributed by atoms with Crippen LogP contribution in [0, 0.1) is 17.8 Å². The molecular formula is C17H20BrNO. The van der Waals surface area contributed by atoms with Crippen molar-refractivity contribution in [3.05, 3.63) is 34.6 Å². The van der Waals surface area contributed by atoms with E-state index in [1.807, 2.05) is 18.3 Å². The lowest BCUT2D eigenvalue weighted by atomic mass is 9.65. The average molecular weight is 334 g/mol. The van der Waals surface area contributed by atoms with Gasteiger partial charge in [0.25, 0.3) is 0 Å². The first-order chi connectivity index (χ1) is 9.72. The molecular weight excluding hydrogens is 314 g/mol. The van der Waals surface area contributed by atoms with Crippen molar-refractivity contribution < 1.29 is 4.79 Å². The molecule has 1 aromatic rings. The van der Waals surface area contributed by atoms with Gasteiger partial charge in [-0.15, -0.1) is 0 Å². The molecule has 0 radical (unpaired) electrons. The molecule has 0 saturated heterocycles. The zero-order valence-corrected chi connectivity index (χ0v) is 13.2. The molecule has 106 valence electrons. The van der Waals surface area contributed by atoms with Gasteiger partial charge in [0.1, 0.15) is 5.78 Å². The van der Waals surface area contributed by atoms with Gasteiger partial charge in [0.05, 0.1) is 5.69 Å². The van der Waals surface area contributed by atoms with Gasteiger partial charge in [0.2, 0.25) is 0 Å². The van der Waals surface area contributed by atoms with Gasteiger partial charge in [-0.25, -0.2) is 0 Å². The van der Waals surface area contributed by atoms with E-state index >= 15 is 0 Å². The second kappa shape index (κ2) is 6.21. The van der Waals surface area contributed by atoms with Gasteiger partial charge in [-0.3, -0.25) is 9.78 Å². The number of halogens is 1. The highest BCUT2D eigenvalue weighted by Crippen LogP contribution is 2.43. The second-order valence-electron chi connectivity index (χ2n) is 6.08. The fraction of sp³-hybridized carbons (Fsp3) is 0.529. The van der Waals surface area contributed by atoms with Gasteiger partial charge in [-0.05, 0) is 64.7 Å². The number of pyridine rings is 1. The van der Waals surface area contributed by atoms with Crippen LogP contribution >= 0.6 is 15.9 Å². The molecule has 0 bridgehead atoms. The third-order valence-corrected chi connectivity index (χ3v) is 5.20. The molecule has 0 aromatic carbocycles. The smallest absolute Gasteiger partial charge is 0.133 e. The fourth-order valence-corrected chi connectivity index (χ4v) is 4.00. The minimum atomic E-state index is 0.423. The normalized spacial score (nSPS) is 30.4. The third kappa shape index (κ3) is 3.20. The summed E-state index contributed by atoms with van der Waals surface area (Å²) >= 11 is 3.40. The van der Waals surface area contributed by atoms with Crippen molar-refractivity contribution >= 4 is 27.8 Å². The molecule has 2 aliphatic carbocycles. The van der Waals surface area contributed by atoms with E-state index in [9.17, 15) is 4.79 Å². The number of aromatic nitrogens is 1. The molecule has 2 fully saturated rings. The minimum absolute atomic E-state index is 0.423. The minimum Gasteiger partial charge on any atom is -0.300 e. The van der Waals surface area contributed by atoms with Crippen molar-refractivity contribution in [1.29, 1.82) is 0 Å². The summed E-state index contributed by atoms with van der Waals surface area (Å²) in [5.74, 6) is 2.23. The van der Waals surface area contributed by atoms with Crippen LogP contribution in [-0.4, -0.2) is 10.8 Å². The summed E-state index contributed by atoms with van der Waals surface area (Å²) in [5, 5.41) is 0. The molecule has 2 nitrogen and oxygen atoms in total. The SMILES string of the molecule is O=C1C[C@@H]2CCCC[C@H]2[C@H](C=Cc2ccc(Br)cn2)C1. The Balaban J connectivity index is 1.74. The highest BCUT2D eigenvalue weighted by atomic mass is 79.9. The molecule has 2 saturated carbocycles. The topological polar surface area (TPSA) is 30.0 Å². The van der Waals surface area contributed by atoms with E-state index in [0.717, 1.165) is 23.0 Å². The van der Waals surface area contributed by atoms with Crippen LogP contribution in [0.4, 0.5) is 0 Å². The maximum absolute atomic E-state index is 11.9. The van der Waals surface area contributed by atoms with Gasteiger partial charge in [0, 0.05) is 23.5 Å². The van der Waals surface area contributed by atoms with Crippen molar-refractivity contribution in [2.75, 3.05) is 0 Å². The first kappa shape index (κ1) is 14.0. The Hall–Kier alpha value is -0.960. The predicted octanol–water partition coefficient (Wildman–Crippen LogP) is 4.64. The molecule has 20 heavy (non-hydrogen) atoms.